The van der Waals surface area contributed by atoms with Gasteiger partial charge >= 0.3 is 5.97 Å². The third-order valence-electron chi connectivity index (χ3n) is 6.20. The van der Waals surface area contributed by atoms with Gasteiger partial charge in [0.2, 0.25) is 0 Å². The molecule has 0 saturated carbocycles. The van der Waals surface area contributed by atoms with Crippen LogP contribution in [0, 0.1) is 11.3 Å². The minimum absolute atomic E-state index is 0.240. The smallest absolute Gasteiger partial charge is 0.329 e. The first kappa shape index (κ1) is 24.2. The van der Waals surface area contributed by atoms with Gasteiger partial charge in [-0.15, -0.1) is 0 Å². The molecule has 2 heterocycles. The van der Waals surface area contributed by atoms with Crippen molar-refractivity contribution in [3.8, 4) is 17.2 Å². The van der Waals surface area contributed by atoms with Crippen LogP contribution in [-0.2, 0) is 16.0 Å². The standard InChI is InChI=1S/C29H30N4O2/c1-2-3-4-5-13-28(29(34)35-18-16-24-11-8-9-17-31-24)33-21-32-26-19-22(14-15-27(26)33)25-12-7-6-10-23(25)20-30/h6-12,14-15,17,19,21,28H,2-5,13,16,18H2,1H3. The summed E-state index contributed by atoms with van der Waals surface area (Å²) in [5.74, 6) is -0.240. The van der Waals surface area contributed by atoms with Crippen molar-refractivity contribution in [3.05, 3.63) is 84.4 Å². The van der Waals surface area contributed by atoms with Crippen molar-refractivity contribution in [2.24, 2.45) is 0 Å². The SMILES string of the molecule is CCCCCCC(C(=O)OCCc1ccccn1)n1cnc2cc(-c3ccccc3C#N)ccc21. The highest BCUT2D eigenvalue weighted by Gasteiger charge is 2.24. The van der Waals surface area contributed by atoms with E-state index in [2.05, 4.69) is 23.0 Å². The van der Waals surface area contributed by atoms with Crippen molar-refractivity contribution in [1.82, 2.24) is 14.5 Å². The molecule has 4 rings (SSSR count). The summed E-state index contributed by atoms with van der Waals surface area (Å²) in [6.07, 6.45) is 9.07. The number of pyridine rings is 1. The van der Waals surface area contributed by atoms with Crippen molar-refractivity contribution in [1.29, 1.82) is 5.26 Å². The Hall–Kier alpha value is -3.98. The Balaban J connectivity index is 1.55. The molecule has 0 aliphatic rings. The summed E-state index contributed by atoms with van der Waals surface area (Å²) in [5.41, 5.74) is 4.99. The largest absolute Gasteiger partial charge is 0.464 e. The number of fused-ring (bicyclic) bond motifs is 1. The number of ether oxygens (including phenoxy) is 1. The Bertz CT molecular complexity index is 1310. The van der Waals surface area contributed by atoms with Crippen molar-refractivity contribution >= 4 is 17.0 Å². The third kappa shape index (κ3) is 5.93. The number of carbonyl (C=O) groups excluding carboxylic acids is 1. The minimum atomic E-state index is -0.433. The van der Waals surface area contributed by atoms with E-state index in [1.54, 1.807) is 12.5 Å². The van der Waals surface area contributed by atoms with E-state index in [0.717, 1.165) is 53.5 Å². The van der Waals surface area contributed by atoms with E-state index in [1.165, 1.54) is 0 Å². The number of unbranched alkanes of at least 4 members (excludes halogenated alkanes) is 3. The summed E-state index contributed by atoms with van der Waals surface area (Å²) in [6, 6.07) is 21.0. The number of carbonyl (C=O) groups is 1. The molecule has 1 unspecified atom stereocenters. The van der Waals surface area contributed by atoms with E-state index in [0.29, 0.717) is 25.0 Å². The number of benzene rings is 2. The molecule has 0 amide bonds. The van der Waals surface area contributed by atoms with Crippen LogP contribution in [0.4, 0.5) is 0 Å². The van der Waals surface area contributed by atoms with Gasteiger partial charge in [-0.1, -0.05) is 62.9 Å². The molecule has 2 aromatic heterocycles. The lowest BCUT2D eigenvalue weighted by molar-refractivity contribution is -0.147. The first-order valence-corrected chi connectivity index (χ1v) is 12.2. The molecule has 6 nitrogen and oxygen atoms in total. The maximum atomic E-state index is 13.2. The highest BCUT2D eigenvalue weighted by Crippen LogP contribution is 2.29. The van der Waals surface area contributed by atoms with Crippen LogP contribution in [0.1, 0.15) is 56.3 Å². The second kappa shape index (κ2) is 11.9. The van der Waals surface area contributed by atoms with E-state index >= 15 is 0 Å². The monoisotopic (exact) mass is 466 g/mol. The Morgan fingerprint density at radius 2 is 1.91 bits per heavy atom. The van der Waals surface area contributed by atoms with Crippen LogP contribution in [0.3, 0.4) is 0 Å². The van der Waals surface area contributed by atoms with Crippen LogP contribution in [0.5, 0.6) is 0 Å². The molecule has 0 aliphatic carbocycles. The molecule has 0 N–H and O–H groups in total. The van der Waals surface area contributed by atoms with Gasteiger partial charge in [-0.05, 0) is 47.9 Å². The van der Waals surface area contributed by atoms with Crippen LogP contribution >= 0.6 is 0 Å². The second-order valence-corrected chi connectivity index (χ2v) is 8.62. The van der Waals surface area contributed by atoms with E-state index in [9.17, 15) is 10.1 Å². The zero-order chi connectivity index (χ0) is 24.5. The van der Waals surface area contributed by atoms with Gasteiger partial charge < -0.3 is 9.30 Å². The van der Waals surface area contributed by atoms with E-state index in [-0.39, 0.29) is 5.97 Å². The van der Waals surface area contributed by atoms with Gasteiger partial charge in [0.15, 0.2) is 0 Å². The van der Waals surface area contributed by atoms with Gasteiger partial charge in [-0.3, -0.25) is 4.98 Å². The van der Waals surface area contributed by atoms with Crippen molar-refractivity contribution in [2.45, 2.75) is 51.5 Å². The minimum Gasteiger partial charge on any atom is -0.464 e. The molecule has 0 fully saturated rings. The number of hydrogen-bond donors (Lipinski definition) is 0. The van der Waals surface area contributed by atoms with Gasteiger partial charge in [-0.2, -0.15) is 5.26 Å². The number of imidazole rings is 1. The Kier molecular flexibility index (Phi) is 8.24. The fraction of sp³-hybridized carbons (Fsp3) is 0.310. The molecular weight excluding hydrogens is 436 g/mol. The summed E-state index contributed by atoms with van der Waals surface area (Å²) in [4.78, 5) is 22.1. The molecule has 0 radical (unpaired) electrons. The van der Waals surface area contributed by atoms with E-state index < -0.39 is 6.04 Å². The van der Waals surface area contributed by atoms with E-state index in [4.69, 9.17) is 4.74 Å². The quantitative estimate of drug-likeness (QED) is 0.192. The lowest BCUT2D eigenvalue weighted by Crippen LogP contribution is -2.22. The fourth-order valence-electron chi connectivity index (χ4n) is 4.31. The van der Waals surface area contributed by atoms with Gasteiger partial charge in [0.25, 0.3) is 0 Å². The molecule has 6 heteroatoms. The molecule has 4 aromatic rings. The number of esters is 1. The number of nitriles is 1. The van der Waals surface area contributed by atoms with Crippen LogP contribution in [-0.4, -0.2) is 27.1 Å². The Morgan fingerprint density at radius 3 is 2.71 bits per heavy atom. The highest BCUT2D eigenvalue weighted by molar-refractivity contribution is 5.85. The van der Waals surface area contributed by atoms with Gasteiger partial charge in [0.05, 0.1) is 35.6 Å². The summed E-state index contributed by atoms with van der Waals surface area (Å²) < 4.78 is 7.63. The third-order valence-corrected chi connectivity index (χ3v) is 6.20. The average Bonchev–Trinajstić information content (AvgIpc) is 3.32. The molecule has 0 saturated heterocycles. The number of nitrogens with zero attached hydrogens (tertiary/aromatic N) is 4. The molecule has 0 bridgehead atoms. The molecule has 0 aliphatic heterocycles. The predicted octanol–water partition coefficient (Wildman–Crippen LogP) is 6.27. The maximum absolute atomic E-state index is 13.2. The van der Waals surface area contributed by atoms with Crippen molar-refractivity contribution in [2.75, 3.05) is 6.61 Å². The number of rotatable bonds is 11. The van der Waals surface area contributed by atoms with E-state index in [1.807, 2.05) is 65.2 Å². The summed E-state index contributed by atoms with van der Waals surface area (Å²) >= 11 is 0. The molecule has 2 aromatic carbocycles. The first-order valence-electron chi connectivity index (χ1n) is 12.2. The van der Waals surface area contributed by atoms with Crippen LogP contribution in [0.25, 0.3) is 22.2 Å². The van der Waals surface area contributed by atoms with Gasteiger partial charge in [0, 0.05) is 18.3 Å². The lowest BCUT2D eigenvalue weighted by atomic mass is 10.00. The van der Waals surface area contributed by atoms with Gasteiger partial charge in [-0.25, -0.2) is 9.78 Å². The number of aromatic nitrogens is 3. The highest BCUT2D eigenvalue weighted by atomic mass is 16.5. The molecule has 0 spiro atoms. The topological polar surface area (TPSA) is 80.8 Å². The summed E-state index contributed by atoms with van der Waals surface area (Å²) in [7, 11) is 0. The van der Waals surface area contributed by atoms with Gasteiger partial charge in [0.1, 0.15) is 6.04 Å². The molecule has 35 heavy (non-hydrogen) atoms. The maximum Gasteiger partial charge on any atom is 0.329 e. The zero-order valence-electron chi connectivity index (χ0n) is 20.1. The summed E-state index contributed by atoms with van der Waals surface area (Å²) in [5, 5.41) is 9.47. The average molecular weight is 467 g/mol. The molecule has 178 valence electrons. The van der Waals surface area contributed by atoms with Crippen molar-refractivity contribution < 1.29 is 9.53 Å². The number of hydrogen-bond acceptors (Lipinski definition) is 5. The zero-order valence-corrected chi connectivity index (χ0v) is 20.1. The van der Waals surface area contributed by atoms with Crippen molar-refractivity contribution in [3.63, 3.8) is 0 Å². The Labute approximate surface area is 206 Å². The molecular formula is C29H30N4O2. The normalized spacial score (nSPS) is 11.8. The summed E-state index contributed by atoms with van der Waals surface area (Å²) in [6.45, 7) is 2.47. The predicted molar refractivity (Wildman–Crippen MR) is 137 cm³/mol. The fourth-order valence-corrected chi connectivity index (χ4v) is 4.31. The van der Waals surface area contributed by atoms with Crippen LogP contribution < -0.4 is 0 Å². The Morgan fingerprint density at radius 1 is 1.06 bits per heavy atom. The first-order chi connectivity index (χ1) is 17.2. The second-order valence-electron chi connectivity index (χ2n) is 8.62. The lowest BCUT2D eigenvalue weighted by Gasteiger charge is -2.18. The van der Waals surface area contributed by atoms with Crippen LogP contribution in [0.15, 0.2) is 73.2 Å². The van der Waals surface area contributed by atoms with Crippen LogP contribution in [0.2, 0.25) is 0 Å². The molecule has 1 atom stereocenters.